The Morgan fingerprint density at radius 2 is 1.82 bits per heavy atom. The highest BCUT2D eigenvalue weighted by Crippen LogP contribution is 2.38. The fourth-order valence-corrected chi connectivity index (χ4v) is 2.76. The molecule has 0 heterocycles. The molecule has 1 nitrogen and oxygen atoms in total. The van der Waals surface area contributed by atoms with Crippen LogP contribution in [0.4, 0.5) is 0 Å². The molecule has 1 aromatic rings. The predicted molar refractivity (Wildman–Crippen MR) is 73.1 cm³/mol. The summed E-state index contributed by atoms with van der Waals surface area (Å²) in [6.45, 7) is 6.14. The average molecular weight is 246 g/mol. The number of allylic oxidation sites excluding steroid dienone is 2. The molecule has 0 saturated carbocycles. The van der Waals surface area contributed by atoms with Gasteiger partial charge in [-0.05, 0) is 42.9 Å². The fraction of sp³-hybridized carbons (Fsp3) is 0.400. The summed E-state index contributed by atoms with van der Waals surface area (Å²) in [6.07, 6.45) is 3.79. The van der Waals surface area contributed by atoms with E-state index >= 15 is 0 Å². The topological polar surface area (TPSA) is 17.1 Å². The molecular formula is C15H18OS. The summed E-state index contributed by atoms with van der Waals surface area (Å²) in [5.41, 5.74) is 1.10. The van der Waals surface area contributed by atoms with Gasteiger partial charge in [-0.3, -0.25) is 4.79 Å². The molecule has 0 aliphatic heterocycles. The maximum Gasteiger partial charge on any atom is 0.162 e. The van der Waals surface area contributed by atoms with Gasteiger partial charge in [0.25, 0.3) is 0 Å². The molecule has 0 radical (unpaired) electrons. The lowest BCUT2D eigenvalue weighted by Crippen LogP contribution is -2.25. The lowest BCUT2D eigenvalue weighted by atomic mass is 9.80. The molecule has 0 fully saturated rings. The third-order valence-corrected chi connectivity index (χ3v) is 4.32. The fourth-order valence-electron chi connectivity index (χ4n) is 1.81. The molecule has 1 aliphatic rings. The summed E-state index contributed by atoms with van der Waals surface area (Å²) in [5.74, 6) is 0.262. The molecule has 0 unspecified atom stereocenters. The summed E-state index contributed by atoms with van der Waals surface area (Å²) in [5, 5.41) is 0. The Balaban J connectivity index is 2.11. The second kappa shape index (κ2) is 4.69. The number of thioether (sulfide) groups is 1. The minimum Gasteiger partial charge on any atom is -0.294 e. The monoisotopic (exact) mass is 246 g/mol. The lowest BCUT2D eigenvalue weighted by Gasteiger charge is -2.26. The van der Waals surface area contributed by atoms with E-state index in [-0.39, 0.29) is 11.2 Å². The summed E-state index contributed by atoms with van der Waals surface area (Å²) in [6, 6.07) is 8.45. The quantitative estimate of drug-likeness (QED) is 0.771. The van der Waals surface area contributed by atoms with E-state index in [2.05, 4.69) is 31.2 Å². The van der Waals surface area contributed by atoms with Gasteiger partial charge >= 0.3 is 0 Å². The first-order valence-electron chi connectivity index (χ1n) is 5.97. The number of carbonyl (C=O) groups is 1. The molecule has 2 rings (SSSR count). The first kappa shape index (κ1) is 12.4. The number of hydrogen-bond donors (Lipinski definition) is 0. The van der Waals surface area contributed by atoms with Crippen LogP contribution in [0.5, 0.6) is 0 Å². The van der Waals surface area contributed by atoms with Gasteiger partial charge in [0.2, 0.25) is 0 Å². The largest absolute Gasteiger partial charge is 0.294 e. The van der Waals surface area contributed by atoms with Crippen molar-refractivity contribution in [3.05, 3.63) is 40.8 Å². The van der Waals surface area contributed by atoms with E-state index in [0.717, 1.165) is 12.8 Å². The van der Waals surface area contributed by atoms with E-state index < -0.39 is 0 Å². The Kier molecular flexibility index (Phi) is 3.43. The van der Waals surface area contributed by atoms with Crippen molar-refractivity contribution in [1.29, 1.82) is 0 Å². The summed E-state index contributed by atoms with van der Waals surface area (Å²) < 4.78 is 0. The van der Waals surface area contributed by atoms with Crippen LogP contribution < -0.4 is 0 Å². The van der Waals surface area contributed by atoms with Gasteiger partial charge in [0.15, 0.2) is 5.78 Å². The molecule has 0 amide bonds. The Hall–Kier alpha value is -1.02. The second-order valence-electron chi connectivity index (χ2n) is 5.27. The van der Waals surface area contributed by atoms with Gasteiger partial charge in [0.05, 0.1) is 0 Å². The molecule has 0 spiro atoms. The molecule has 1 aromatic carbocycles. The van der Waals surface area contributed by atoms with Gasteiger partial charge in [0, 0.05) is 10.3 Å². The van der Waals surface area contributed by atoms with Gasteiger partial charge in [-0.2, -0.15) is 0 Å². The Bertz CT molecular complexity index is 454. The molecule has 1 aliphatic carbocycles. The number of hydrogen-bond acceptors (Lipinski definition) is 2. The molecule has 2 heteroatoms. The van der Waals surface area contributed by atoms with Crippen LogP contribution in [-0.2, 0) is 4.79 Å². The first-order valence-corrected chi connectivity index (χ1v) is 6.78. The molecule has 0 N–H and O–H groups in total. The van der Waals surface area contributed by atoms with Crippen molar-refractivity contribution in [1.82, 2.24) is 0 Å². The average Bonchev–Trinajstić information content (AvgIpc) is 2.27. The van der Waals surface area contributed by atoms with Crippen LogP contribution in [0.25, 0.3) is 0 Å². The third kappa shape index (κ3) is 3.01. The molecule has 0 saturated heterocycles. The number of aryl methyl sites for hydroxylation is 1. The summed E-state index contributed by atoms with van der Waals surface area (Å²) >= 11 is 1.72. The van der Waals surface area contributed by atoms with Gasteiger partial charge in [0.1, 0.15) is 0 Å². The van der Waals surface area contributed by atoms with Crippen molar-refractivity contribution < 1.29 is 4.79 Å². The van der Waals surface area contributed by atoms with Crippen LogP contribution in [0.2, 0.25) is 0 Å². The van der Waals surface area contributed by atoms with E-state index in [1.807, 2.05) is 19.9 Å². The van der Waals surface area contributed by atoms with Crippen molar-refractivity contribution >= 4 is 17.5 Å². The Morgan fingerprint density at radius 1 is 1.18 bits per heavy atom. The van der Waals surface area contributed by atoms with E-state index in [1.54, 1.807) is 11.8 Å². The predicted octanol–water partition coefficient (Wildman–Crippen LogP) is 4.36. The number of benzene rings is 1. The highest BCUT2D eigenvalue weighted by atomic mass is 32.2. The SMILES string of the molecule is Cc1ccc(SC2=CC(=O)C(C)(C)CC2)cc1. The molecule has 17 heavy (non-hydrogen) atoms. The first-order chi connectivity index (χ1) is 7.97. The summed E-state index contributed by atoms with van der Waals surface area (Å²) in [4.78, 5) is 14.3. The van der Waals surface area contributed by atoms with Crippen LogP contribution in [0.1, 0.15) is 32.3 Å². The van der Waals surface area contributed by atoms with Crippen molar-refractivity contribution in [2.75, 3.05) is 0 Å². The van der Waals surface area contributed by atoms with E-state index in [9.17, 15) is 4.79 Å². The van der Waals surface area contributed by atoms with Crippen LogP contribution in [0.3, 0.4) is 0 Å². The normalized spacial score (nSPS) is 19.0. The molecule has 0 aromatic heterocycles. The number of ketones is 1. The van der Waals surface area contributed by atoms with Crippen LogP contribution in [0, 0.1) is 12.3 Å². The Labute approximate surface area is 107 Å². The maximum atomic E-state index is 11.9. The molecular weight excluding hydrogens is 228 g/mol. The van der Waals surface area contributed by atoms with Gasteiger partial charge in [-0.15, -0.1) is 0 Å². The molecule has 0 bridgehead atoms. The minimum absolute atomic E-state index is 0.169. The van der Waals surface area contributed by atoms with Crippen LogP contribution in [-0.4, -0.2) is 5.78 Å². The highest BCUT2D eigenvalue weighted by Gasteiger charge is 2.29. The van der Waals surface area contributed by atoms with E-state index in [0.29, 0.717) is 0 Å². The van der Waals surface area contributed by atoms with Gasteiger partial charge in [-0.1, -0.05) is 43.3 Å². The molecule has 90 valence electrons. The van der Waals surface area contributed by atoms with E-state index in [1.165, 1.54) is 15.4 Å². The highest BCUT2D eigenvalue weighted by molar-refractivity contribution is 8.03. The number of carbonyl (C=O) groups excluding carboxylic acids is 1. The summed E-state index contributed by atoms with van der Waals surface area (Å²) in [7, 11) is 0. The molecule has 0 atom stereocenters. The van der Waals surface area contributed by atoms with Crippen molar-refractivity contribution in [2.24, 2.45) is 5.41 Å². The zero-order chi connectivity index (χ0) is 12.5. The van der Waals surface area contributed by atoms with Crippen LogP contribution in [0.15, 0.2) is 40.1 Å². The van der Waals surface area contributed by atoms with Gasteiger partial charge < -0.3 is 0 Å². The minimum atomic E-state index is -0.169. The van der Waals surface area contributed by atoms with Crippen LogP contribution >= 0.6 is 11.8 Å². The number of rotatable bonds is 2. The smallest absolute Gasteiger partial charge is 0.162 e. The standard InChI is InChI=1S/C15H18OS/c1-11-4-6-12(7-5-11)17-13-8-9-15(2,3)14(16)10-13/h4-7,10H,8-9H2,1-3H3. The zero-order valence-corrected chi connectivity index (χ0v) is 11.4. The zero-order valence-electron chi connectivity index (χ0n) is 10.6. The second-order valence-corrected chi connectivity index (χ2v) is 6.47. The van der Waals surface area contributed by atoms with E-state index in [4.69, 9.17) is 0 Å². The van der Waals surface area contributed by atoms with Crippen molar-refractivity contribution in [2.45, 2.75) is 38.5 Å². The van der Waals surface area contributed by atoms with Crippen molar-refractivity contribution in [3.8, 4) is 0 Å². The maximum absolute atomic E-state index is 11.9. The lowest BCUT2D eigenvalue weighted by molar-refractivity contribution is -0.122. The third-order valence-electron chi connectivity index (χ3n) is 3.23. The van der Waals surface area contributed by atoms with Crippen molar-refractivity contribution in [3.63, 3.8) is 0 Å². The Morgan fingerprint density at radius 3 is 2.41 bits per heavy atom. The van der Waals surface area contributed by atoms with Gasteiger partial charge in [-0.25, -0.2) is 0 Å².